The smallest absolute Gasteiger partial charge is 0.142 e. The van der Waals surface area contributed by atoms with E-state index in [2.05, 4.69) is 23.3 Å². The van der Waals surface area contributed by atoms with Gasteiger partial charge in [0.15, 0.2) is 0 Å². The summed E-state index contributed by atoms with van der Waals surface area (Å²) >= 11 is 0. The number of fused-ring (bicyclic) bond motifs is 1. The van der Waals surface area contributed by atoms with E-state index < -0.39 is 0 Å². The lowest BCUT2D eigenvalue weighted by atomic mass is 10.1. The van der Waals surface area contributed by atoms with Crippen LogP contribution in [0.4, 0.5) is 0 Å². The first kappa shape index (κ1) is 12.5. The van der Waals surface area contributed by atoms with Crippen molar-refractivity contribution in [3.63, 3.8) is 0 Å². The molecular weight excluding hydrogens is 240 g/mol. The van der Waals surface area contributed by atoms with Gasteiger partial charge in [0.05, 0.1) is 25.3 Å². The van der Waals surface area contributed by atoms with Gasteiger partial charge >= 0.3 is 0 Å². The second kappa shape index (κ2) is 5.23. The number of benzene rings is 1. The topological polar surface area (TPSA) is 46.3 Å². The SMILES string of the molecule is COc1cccc2c(C)c(C3COCCCN3)[nH]c12. The Kier molecular flexibility index (Phi) is 3.44. The van der Waals surface area contributed by atoms with Crippen LogP contribution in [-0.4, -0.2) is 31.9 Å². The van der Waals surface area contributed by atoms with Crippen molar-refractivity contribution in [3.8, 4) is 5.75 Å². The molecule has 0 aliphatic carbocycles. The van der Waals surface area contributed by atoms with Crippen LogP contribution in [0, 0.1) is 6.92 Å². The molecule has 102 valence electrons. The summed E-state index contributed by atoms with van der Waals surface area (Å²) < 4.78 is 11.1. The largest absolute Gasteiger partial charge is 0.495 e. The molecule has 1 saturated heterocycles. The van der Waals surface area contributed by atoms with Gasteiger partial charge in [0.2, 0.25) is 0 Å². The number of hydrogen-bond donors (Lipinski definition) is 2. The van der Waals surface area contributed by atoms with Crippen molar-refractivity contribution in [3.05, 3.63) is 29.5 Å². The Morgan fingerprint density at radius 1 is 1.37 bits per heavy atom. The van der Waals surface area contributed by atoms with Gasteiger partial charge in [-0.15, -0.1) is 0 Å². The first-order valence-electron chi connectivity index (χ1n) is 6.77. The quantitative estimate of drug-likeness (QED) is 0.872. The third-order valence-electron chi connectivity index (χ3n) is 3.80. The summed E-state index contributed by atoms with van der Waals surface area (Å²) in [4.78, 5) is 3.51. The summed E-state index contributed by atoms with van der Waals surface area (Å²) in [5, 5.41) is 4.76. The maximum Gasteiger partial charge on any atom is 0.142 e. The fraction of sp³-hybridized carbons (Fsp3) is 0.467. The summed E-state index contributed by atoms with van der Waals surface area (Å²) in [5.74, 6) is 0.890. The van der Waals surface area contributed by atoms with Crippen LogP contribution >= 0.6 is 0 Å². The Morgan fingerprint density at radius 2 is 2.26 bits per heavy atom. The van der Waals surface area contributed by atoms with Crippen molar-refractivity contribution >= 4 is 10.9 Å². The van der Waals surface area contributed by atoms with E-state index in [4.69, 9.17) is 9.47 Å². The van der Waals surface area contributed by atoms with Crippen LogP contribution in [0.2, 0.25) is 0 Å². The molecule has 1 fully saturated rings. The number of para-hydroxylation sites is 1. The molecule has 0 saturated carbocycles. The lowest BCUT2D eigenvalue weighted by molar-refractivity contribution is 0.130. The molecule has 1 aliphatic rings. The highest BCUT2D eigenvalue weighted by atomic mass is 16.5. The second-order valence-corrected chi connectivity index (χ2v) is 4.98. The van der Waals surface area contributed by atoms with Crippen LogP contribution < -0.4 is 10.1 Å². The molecular formula is C15H20N2O2. The Labute approximate surface area is 113 Å². The fourth-order valence-corrected chi connectivity index (χ4v) is 2.76. The van der Waals surface area contributed by atoms with Crippen LogP contribution in [0.1, 0.15) is 23.7 Å². The fourth-order valence-electron chi connectivity index (χ4n) is 2.76. The lowest BCUT2D eigenvalue weighted by Crippen LogP contribution is -2.24. The number of hydrogen-bond acceptors (Lipinski definition) is 3. The average Bonchev–Trinajstić information content (AvgIpc) is 2.65. The third kappa shape index (κ3) is 2.22. The minimum Gasteiger partial charge on any atom is -0.495 e. The number of H-pyrrole nitrogens is 1. The molecule has 4 heteroatoms. The molecule has 0 bridgehead atoms. The van der Waals surface area contributed by atoms with E-state index >= 15 is 0 Å². The van der Waals surface area contributed by atoms with Crippen molar-refractivity contribution in [2.24, 2.45) is 0 Å². The molecule has 1 aromatic heterocycles. The summed E-state index contributed by atoms with van der Waals surface area (Å²) in [6, 6.07) is 6.38. The van der Waals surface area contributed by atoms with Crippen LogP contribution in [-0.2, 0) is 4.74 Å². The molecule has 2 aromatic rings. The van der Waals surface area contributed by atoms with Gasteiger partial charge in [0.25, 0.3) is 0 Å². The minimum absolute atomic E-state index is 0.236. The first-order valence-corrected chi connectivity index (χ1v) is 6.77. The van der Waals surface area contributed by atoms with E-state index in [1.54, 1.807) is 7.11 Å². The number of ether oxygens (including phenoxy) is 2. The predicted octanol–water partition coefficient (Wildman–Crippen LogP) is 2.54. The first-order chi connectivity index (χ1) is 9.31. The maximum atomic E-state index is 5.66. The van der Waals surface area contributed by atoms with E-state index in [0.717, 1.165) is 37.4 Å². The van der Waals surface area contributed by atoms with Gasteiger partial charge in [-0.1, -0.05) is 12.1 Å². The van der Waals surface area contributed by atoms with Crippen LogP contribution in [0.25, 0.3) is 10.9 Å². The summed E-state index contributed by atoms with van der Waals surface area (Å²) in [6.45, 7) is 4.71. The maximum absolute atomic E-state index is 5.66. The Bertz CT molecular complexity index is 569. The summed E-state index contributed by atoms with van der Waals surface area (Å²) in [5.41, 5.74) is 3.56. The van der Waals surface area contributed by atoms with Gasteiger partial charge in [0, 0.05) is 17.7 Å². The number of aromatic amines is 1. The number of rotatable bonds is 2. The van der Waals surface area contributed by atoms with E-state index in [9.17, 15) is 0 Å². The van der Waals surface area contributed by atoms with Crippen molar-refractivity contribution in [1.82, 2.24) is 10.3 Å². The van der Waals surface area contributed by atoms with Crippen molar-refractivity contribution < 1.29 is 9.47 Å². The van der Waals surface area contributed by atoms with Gasteiger partial charge in [-0.25, -0.2) is 0 Å². The molecule has 1 atom stereocenters. The van der Waals surface area contributed by atoms with Crippen molar-refractivity contribution in [2.45, 2.75) is 19.4 Å². The third-order valence-corrected chi connectivity index (χ3v) is 3.80. The number of methoxy groups -OCH3 is 1. The highest BCUT2D eigenvalue weighted by Crippen LogP contribution is 2.32. The summed E-state index contributed by atoms with van der Waals surface area (Å²) in [6.07, 6.45) is 1.07. The normalized spacial score (nSPS) is 20.4. The zero-order chi connectivity index (χ0) is 13.2. The number of aryl methyl sites for hydroxylation is 1. The van der Waals surface area contributed by atoms with Gasteiger partial charge in [-0.2, -0.15) is 0 Å². The molecule has 1 unspecified atom stereocenters. The number of nitrogens with one attached hydrogen (secondary N) is 2. The van der Waals surface area contributed by atoms with Gasteiger partial charge < -0.3 is 19.8 Å². The predicted molar refractivity (Wildman–Crippen MR) is 75.8 cm³/mol. The van der Waals surface area contributed by atoms with E-state index in [1.165, 1.54) is 16.6 Å². The van der Waals surface area contributed by atoms with Gasteiger partial charge in [0.1, 0.15) is 5.75 Å². The van der Waals surface area contributed by atoms with Gasteiger partial charge in [-0.05, 0) is 31.5 Å². The Morgan fingerprint density at radius 3 is 3.11 bits per heavy atom. The van der Waals surface area contributed by atoms with Crippen LogP contribution in [0.15, 0.2) is 18.2 Å². The molecule has 0 amide bonds. The molecule has 2 N–H and O–H groups in total. The zero-order valence-corrected chi connectivity index (χ0v) is 11.5. The molecule has 19 heavy (non-hydrogen) atoms. The molecule has 2 heterocycles. The zero-order valence-electron chi connectivity index (χ0n) is 11.5. The molecule has 3 rings (SSSR count). The lowest BCUT2D eigenvalue weighted by Gasteiger charge is -2.14. The highest BCUT2D eigenvalue weighted by Gasteiger charge is 2.20. The van der Waals surface area contributed by atoms with E-state index in [1.807, 2.05) is 12.1 Å². The van der Waals surface area contributed by atoms with E-state index in [-0.39, 0.29) is 6.04 Å². The standard InChI is InChI=1S/C15H20N2O2/c1-10-11-5-3-6-13(18-2)15(11)17-14(10)12-9-19-8-4-7-16-12/h3,5-6,12,16-17H,4,7-9H2,1-2H3. The number of aromatic nitrogens is 1. The second-order valence-electron chi connectivity index (χ2n) is 4.98. The molecule has 0 spiro atoms. The average molecular weight is 260 g/mol. The molecule has 0 radical (unpaired) electrons. The summed E-state index contributed by atoms with van der Waals surface area (Å²) in [7, 11) is 1.71. The minimum atomic E-state index is 0.236. The van der Waals surface area contributed by atoms with Crippen molar-refractivity contribution in [2.75, 3.05) is 26.9 Å². The molecule has 1 aliphatic heterocycles. The Hall–Kier alpha value is -1.52. The molecule has 1 aromatic carbocycles. The molecule has 4 nitrogen and oxygen atoms in total. The van der Waals surface area contributed by atoms with Crippen molar-refractivity contribution in [1.29, 1.82) is 0 Å². The Balaban J connectivity index is 2.06. The highest BCUT2D eigenvalue weighted by molar-refractivity contribution is 5.89. The van der Waals surface area contributed by atoms with Gasteiger partial charge in [-0.3, -0.25) is 0 Å². The monoisotopic (exact) mass is 260 g/mol. The van der Waals surface area contributed by atoms with Crippen LogP contribution in [0.3, 0.4) is 0 Å². The van der Waals surface area contributed by atoms with Crippen LogP contribution in [0.5, 0.6) is 5.75 Å². The van der Waals surface area contributed by atoms with E-state index in [0.29, 0.717) is 0 Å².